The molecule has 1 heterocycles. The van der Waals surface area contributed by atoms with Crippen molar-refractivity contribution in [2.24, 2.45) is 7.05 Å². The van der Waals surface area contributed by atoms with Crippen molar-refractivity contribution in [1.29, 1.82) is 0 Å². The first-order valence-corrected chi connectivity index (χ1v) is 9.43. The third-order valence-electron chi connectivity index (χ3n) is 4.54. The first-order valence-electron chi connectivity index (χ1n) is 8.64. The summed E-state index contributed by atoms with van der Waals surface area (Å²) in [6.07, 6.45) is 1.74. The number of carbonyl (C=O) groups excluding carboxylic acids is 1. The highest BCUT2D eigenvalue weighted by Gasteiger charge is 2.14. The number of aryl methyl sites for hydroxylation is 2. The molecule has 26 heavy (non-hydrogen) atoms. The zero-order valence-electron chi connectivity index (χ0n) is 14.9. The average molecular weight is 416 g/mol. The Labute approximate surface area is 160 Å². The zero-order chi connectivity index (χ0) is 18.7. The smallest absolute Gasteiger partial charge is 0.329 e. The van der Waals surface area contributed by atoms with Crippen LogP contribution in [0.2, 0.25) is 0 Å². The van der Waals surface area contributed by atoms with E-state index in [0.717, 1.165) is 28.3 Å². The van der Waals surface area contributed by atoms with Crippen LogP contribution in [0.5, 0.6) is 0 Å². The summed E-state index contributed by atoms with van der Waals surface area (Å²) in [4.78, 5) is 24.8. The molecule has 2 aromatic carbocycles. The van der Waals surface area contributed by atoms with Gasteiger partial charge in [-0.15, -0.1) is 0 Å². The number of amides is 1. The van der Waals surface area contributed by atoms with E-state index in [1.165, 1.54) is 10.1 Å². The summed E-state index contributed by atoms with van der Waals surface area (Å²) in [6, 6.07) is 15.7. The number of nitrogens with one attached hydrogen (secondary N) is 1. The predicted octanol–water partition coefficient (Wildman–Crippen LogP) is 3.24. The van der Waals surface area contributed by atoms with Crippen molar-refractivity contribution in [1.82, 2.24) is 14.5 Å². The standard InChI is InChI=1S/C20H22BrN3O2/c1-14(7-8-15-9-11-16(21)12-10-15)22-19(25)13-24-18-6-4-3-5-17(18)23(2)20(24)26/h3-6,9-12,14H,7-8,13H2,1-2H3,(H,22,25). The quantitative estimate of drug-likeness (QED) is 0.671. The minimum Gasteiger partial charge on any atom is -0.352 e. The van der Waals surface area contributed by atoms with Crippen LogP contribution in [0.1, 0.15) is 18.9 Å². The zero-order valence-corrected chi connectivity index (χ0v) is 16.5. The Morgan fingerprint density at radius 1 is 1.12 bits per heavy atom. The maximum atomic E-state index is 12.4. The molecule has 0 bridgehead atoms. The molecule has 0 saturated carbocycles. The number of fused-ring (bicyclic) bond motifs is 1. The van der Waals surface area contributed by atoms with Gasteiger partial charge in [0.2, 0.25) is 5.91 Å². The third-order valence-corrected chi connectivity index (χ3v) is 5.07. The molecule has 0 aliphatic carbocycles. The molecule has 1 atom stereocenters. The number of carbonyl (C=O) groups is 1. The number of aromatic nitrogens is 2. The first-order chi connectivity index (χ1) is 12.5. The summed E-state index contributed by atoms with van der Waals surface area (Å²) in [6.45, 7) is 2.02. The van der Waals surface area contributed by atoms with Gasteiger partial charge < -0.3 is 5.32 Å². The van der Waals surface area contributed by atoms with Crippen LogP contribution in [-0.2, 0) is 24.8 Å². The fourth-order valence-electron chi connectivity index (χ4n) is 3.09. The fraction of sp³-hybridized carbons (Fsp3) is 0.300. The number of para-hydroxylation sites is 2. The summed E-state index contributed by atoms with van der Waals surface area (Å²) in [5.74, 6) is -0.147. The van der Waals surface area contributed by atoms with Gasteiger partial charge in [0.05, 0.1) is 11.0 Å². The van der Waals surface area contributed by atoms with Gasteiger partial charge in [-0.3, -0.25) is 13.9 Å². The van der Waals surface area contributed by atoms with Crippen molar-refractivity contribution >= 4 is 32.9 Å². The van der Waals surface area contributed by atoms with Gasteiger partial charge in [-0.1, -0.05) is 40.2 Å². The Morgan fingerprint density at radius 3 is 2.46 bits per heavy atom. The predicted molar refractivity (Wildman–Crippen MR) is 107 cm³/mol. The van der Waals surface area contributed by atoms with Crippen molar-refractivity contribution in [3.8, 4) is 0 Å². The Hall–Kier alpha value is -2.34. The molecule has 3 aromatic rings. The summed E-state index contributed by atoms with van der Waals surface area (Å²) < 4.78 is 4.15. The first kappa shape index (κ1) is 18.5. The van der Waals surface area contributed by atoms with Gasteiger partial charge in [0, 0.05) is 17.6 Å². The van der Waals surface area contributed by atoms with E-state index in [9.17, 15) is 9.59 Å². The molecule has 3 rings (SSSR count). The largest absolute Gasteiger partial charge is 0.352 e. The number of nitrogens with zero attached hydrogens (tertiary/aromatic N) is 2. The number of hydrogen-bond donors (Lipinski definition) is 1. The second-order valence-electron chi connectivity index (χ2n) is 6.55. The van der Waals surface area contributed by atoms with Gasteiger partial charge in [-0.25, -0.2) is 4.79 Å². The Morgan fingerprint density at radius 2 is 1.77 bits per heavy atom. The monoisotopic (exact) mass is 415 g/mol. The van der Waals surface area contributed by atoms with Crippen LogP contribution >= 0.6 is 15.9 Å². The van der Waals surface area contributed by atoms with Crippen LogP contribution in [0.3, 0.4) is 0 Å². The van der Waals surface area contributed by atoms with Crippen molar-refractivity contribution in [2.45, 2.75) is 32.4 Å². The lowest BCUT2D eigenvalue weighted by Crippen LogP contribution is -2.37. The number of benzene rings is 2. The molecule has 0 radical (unpaired) electrons. The maximum Gasteiger partial charge on any atom is 0.329 e. The molecule has 1 amide bonds. The summed E-state index contributed by atoms with van der Waals surface area (Å²) in [5, 5.41) is 2.99. The second-order valence-corrected chi connectivity index (χ2v) is 7.47. The molecule has 1 N–H and O–H groups in total. The van der Waals surface area contributed by atoms with Crippen molar-refractivity contribution in [3.05, 3.63) is 69.1 Å². The molecule has 1 aromatic heterocycles. The molecule has 0 saturated heterocycles. The highest BCUT2D eigenvalue weighted by Crippen LogP contribution is 2.13. The van der Waals surface area contributed by atoms with E-state index < -0.39 is 0 Å². The highest BCUT2D eigenvalue weighted by molar-refractivity contribution is 9.10. The summed E-state index contributed by atoms with van der Waals surface area (Å²) in [7, 11) is 1.72. The highest BCUT2D eigenvalue weighted by atomic mass is 79.9. The molecular formula is C20H22BrN3O2. The van der Waals surface area contributed by atoms with Crippen molar-refractivity contribution < 1.29 is 4.79 Å². The molecule has 5 nitrogen and oxygen atoms in total. The molecule has 136 valence electrons. The van der Waals surface area contributed by atoms with Gasteiger partial charge in [0.15, 0.2) is 0 Å². The summed E-state index contributed by atoms with van der Waals surface area (Å²) >= 11 is 3.43. The number of rotatable bonds is 6. The topological polar surface area (TPSA) is 56.0 Å². The SMILES string of the molecule is CC(CCc1ccc(Br)cc1)NC(=O)Cn1c(=O)n(C)c2ccccc21. The fourth-order valence-corrected chi connectivity index (χ4v) is 3.35. The van der Waals surface area contributed by atoms with Crippen LogP contribution < -0.4 is 11.0 Å². The molecule has 0 spiro atoms. The van der Waals surface area contributed by atoms with Crippen molar-refractivity contribution in [3.63, 3.8) is 0 Å². The number of hydrogen-bond acceptors (Lipinski definition) is 2. The maximum absolute atomic E-state index is 12.4. The van der Waals surface area contributed by atoms with Gasteiger partial charge in [-0.05, 0) is 49.6 Å². The molecule has 0 fully saturated rings. The van der Waals surface area contributed by atoms with Crippen LogP contribution in [0.25, 0.3) is 11.0 Å². The van der Waals surface area contributed by atoms with Crippen LogP contribution in [0, 0.1) is 0 Å². The minimum atomic E-state index is -0.177. The number of halogens is 1. The second kappa shape index (κ2) is 7.91. The third kappa shape index (κ3) is 4.07. The molecule has 1 unspecified atom stereocenters. The van der Waals surface area contributed by atoms with E-state index in [1.807, 2.05) is 43.3 Å². The lowest BCUT2D eigenvalue weighted by molar-refractivity contribution is -0.122. The molecule has 6 heteroatoms. The molecule has 0 aliphatic heterocycles. The Kier molecular flexibility index (Phi) is 5.61. The van der Waals surface area contributed by atoms with E-state index in [1.54, 1.807) is 11.6 Å². The van der Waals surface area contributed by atoms with Crippen molar-refractivity contribution in [2.75, 3.05) is 0 Å². The molecule has 0 aliphatic rings. The molecular weight excluding hydrogens is 394 g/mol. The summed E-state index contributed by atoms with van der Waals surface area (Å²) in [5.41, 5.74) is 2.66. The van der Waals surface area contributed by atoms with Crippen LogP contribution in [-0.4, -0.2) is 21.1 Å². The Balaban J connectivity index is 1.61. The van der Waals surface area contributed by atoms with E-state index in [0.29, 0.717) is 0 Å². The lowest BCUT2D eigenvalue weighted by atomic mass is 10.1. The van der Waals surface area contributed by atoms with Gasteiger partial charge in [-0.2, -0.15) is 0 Å². The van der Waals surface area contributed by atoms with Gasteiger partial charge in [0.25, 0.3) is 0 Å². The van der Waals surface area contributed by atoms with Gasteiger partial charge in [0.1, 0.15) is 6.54 Å². The lowest BCUT2D eigenvalue weighted by Gasteiger charge is -2.14. The number of imidazole rings is 1. The van der Waals surface area contributed by atoms with Gasteiger partial charge >= 0.3 is 5.69 Å². The van der Waals surface area contributed by atoms with E-state index >= 15 is 0 Å². The van der Waals surface area contributed by atoms with E-state index in [4.69, 9.17) is 0 Å². The van der Waals surface area contributed by atoms with E-state index in [2.05, 4.69) is 33.4 Å². The van der Waals surface area contributed by atoms with Crippen LogP contribution in [0.4, 0.5) is 0 Å². The Bertz CT molecular complexity index is 973. The van der Waals surface area contributed by atoms with Crippen LogP contribution in [0.15, 0.2) is 57.8 Å². The minimum absolute atomic E-state index is 0.0306. The van der Waals surface area contributed by atoms with E-state index in [-0.39, 0.29) is 24.2 Å². The normalized spacial score (nSPS) is 12.3. The average Bonchev–Trinajstić information content (AvgIpc) is 2.86.